The first kappa shape index (κ1) is 14.9. The fraction of sp³-hybridized carbons (Fsp3) is 1.00. The zero-order chi connectivity index (χ0) is 12.9. The smallest absolute Gasteiger partial charge is 0.0679 e. The van der Waals surface area contributed by atoms with Gasteiger partial charge in [-0.05, 0) is 24.7 Å². The molecule has 3 nitrogen and oxygen atoms in total. The number of rotatable bonds is 7. The largest absolute Gasteiger partial charge is 0.392 e. The Morgan fingerprint density at radius 1 is 1.35 bits per heavy atom. The topological polar surface area (TPSA) is 35.5 Å². The first-order chi connectivity index (χ1) is 8.01. The summed E-state index contributed by atoms with van der Waals surface area (Å²) in [4.78, 5) is 2.43. The molecular formula is C14H30N2O. The molecule has 0 aromatic rings. The van der Waals surface area contributed by atoms with Crippen molar-refractivity contribution in [2.24, 2.45) is 5.41 Å². The molecule has 1 aliphatic heterocycles. The van der Waals surface area contributed by atoms with Gasteiger partial charge in [0.05, 0.1) is 6.10 Å². The Hall–Kier alpha value is -0.120. The molecule has 0 radical (unpaired) electrons. The summed E-state index contributed by atoms with van der Waals surface area (Å²) >= 11 is 0. The van der Waals surface area contributed by atoms with Gasteiger partial charge >= 0.3 is 0 Å². The van der Waals surface area contributed by atoms with Crippen LogP contribution in [-0.2, 0) is 0 Å². The summed E-state index contributed by atoms with van der Waals surface area (Å²) in [7, 11) is 0. The molecule has 17 heavy (non-hydrogen) atoms. The molecule has 1 rings (SSSR count). The third-order valence-electron chi connectivity index (χ3n) is 4.19. The van der Waals surface area contributed by atoms with Gasteiger partial charge in [-0.3, -0.25) is 0 Å². The van der Waals surface area contributed by atoms with Crippen LogP contribution in [-0.4, -0.2) is 48.3 Å². The first-order valence-electron chi connectivity index (χ1n) is 7.15. The molecule has 0 aromatic heterocycles. The van der Waals surface area contributed by atoms with Crippen LogP contribution in [0.5, 0.6) is 0 Å². The van der Waals surface area contributed by atoms with E-state index in [4.69, 9.17) is 0 Å². The van der Waals surface area contributed by atoms with Crippen LogP contribution in [0.25, 0.3) is 0 Å². The molecule has 3 heteroatoms. The van der Waals surface area contributed by atoms with Crippen LogP contribution in [0.2, 0.25) is 0 Å². The third kappa shape index (κ3) is 4.57. The number of aliphatic hydroxyl groups is 1. The number of β-amino-alcohol motifs (C(OH)–C–C–N with tert-alkyl or cyclic N) is 1. The minimum absolute atomic E-state index is 0.0977. The second kappa shape index (κ2) is 6.72. The highest BCUT2D eigenvalue weighted by molar-refractivity contribution is 4.86. The summed E-state index contributed by atoms with van der Waals surface area (Å²) in [5, 5.41) is 13.2. The highest BCUT2D eigenvalue weighted by Gasteiger charge is 2.31. The molecule has 1 atom stereocenters. The van der Waals surface area contributed by atoms with Crippen molar-refractivity contribution < 1.29 is 5.11 Å². The molecule has 0 spiro atoms. The fourth-order valence-electron chi connectivity index (χ4n) is 2.63. The standard InChI is InChI=1S/C14H30N2O/c1-5-14(6-2,10-15-12(3)4)11-16-8-7-13(17)9-16/h12-13,15,17H,5-11H2,1-4H3. The molecule has 1 unspecified atom stereocenters. The Balaban J connectivity index is 2.51. The fourth-order valence-corrected chi connectivity index (χ4v) is 2.63. The van der Waals surface area contributed by atoms with Gasteiger partial charge in [-0.1, -0.05) is 27.7 Å². The van der Waals surface area contributed by atoms with Crippen molar-refractivity contribution in [1.82, 2.24) is 10.2 Å². The van der Waals surface area contributed by atoms with E-state index >= 15 is 0 Å². The van der Waals surface area contributed by atoms with E-state index in [9.17, 15) is 5.11 Å². The van der Waals surface area contributed by atoms with E-state index in [1.807, 2.05) is 0 Å². The maximum absolute atomic E-state index is 9.60. The average molecular weight is 242 g/mol. The van der Waals surface area contributed by atoms with Gasteiger partial charge in [0.1, 0.15) is 0 Å². The van der Waals surface area contributed by atoms with E-state index in [0.29, 0.717) is 11.5 Å². The van der Waals surface area contributed by atoms with Gasteiger partial charge < -0.3 is 15.3 Å². The number of hydrogen-bond donors (Lipinski definition) is 2. The van der Waals surface area contributed by atoms with Crippen LogP contribution in [0.1, 0.15) is 47.0 Å². The van der Waals surface area contributed by atoms with E-state index in [2.05, 4.69) is 37.9 Å². The maximum Gasteiger partial charge on any atom is 0.0679 e. The highest BCUT2D eigenvalue weighted by Crippen LogP contribution is 2.28. The lowest BCUT2D eigenvalue weighted by molar-refractivity contribution is 0.128. The number of aliphatic hydroxyl groups excluding tert-OH is 1. The number of likely N-dealkylation sites (tertiary alicyclic amines) is 1. The second-order valence-electron chi connectivity index (χ2n) is 5.92. The van der Waals surface area contributed by atoms with Crippen LogP contribution >= 0.6 is 0 Å². The lowest BCUT2D eigenvalue weighted by Crippen LogP contribution is -2.44. The predicted molar refractivity (Wildman–Crippen MR) is 73.2 cm³/mol. The van der Waals surface area contributed by atoms with Gasteiger partial charge in [0, 0.05) is 32.2 Å². The lowest BCUT2D eigenvalue weighted by atomic mass is 9.81. The summed E-state index contributed by atoms with van der Waals surface area (Å²) in [5.74, 6) is 0. The number of nitrogens with zero attached hydrogens (tertiary/aromatic N) is 1. The van der Waals surface area contributed by atoms with E-state index in [1.165, 1.54) is 12.8 Å². The van der Waals surface area contributed by atoms with E-state index in [-0.39, 0.29) is 6.10 Å². The summed E-state index contributed by atoms with van der Waals surface area (Å²) in [6.07, 6.45) is 3.26. The van der Waals surface area contributed by atoms with Gasteiger partial charge in [0.25, 0.3) is 0 Å². The molecule has 1 heterocycles. The Bertz CT molecular complexity index is 214. The number of hydrogen-bond acceptors (Lipinski definition) is 3. The molecule has 1 aliphatic rings. The Morgan fingerprint density at radius 3 is 2.41 bits per heavy atom. The van der Waals surface area contributed by atoms with Gasteiger partial charge in [0.15, 0.2) is 0 Å². The van der Waals surface area contributed by atoms with Crippen LogP contribution < -0.4 is 5.32 Å². The molecule has 0 aromatic carbocycles. The zero-order valence-electron chi connectivity index (χ0n) is 12.0. The highest BCUT2D eigenvalue weighted by atomic mass is 16.3. The van der Waals surface area contributed by atoms with Crippen LogP contribution in [0.4, 0.5) is 0 Å². The van der Waals surface area contributed by atoms with Crippen LogP contribution in [0.15, 0.2) is 0 Å². The SMILES string of the molecule is CCC(CC)(CNC(C)C)CN1CCC(O)C1. The zero-order valence-corrected chi connectivity index (χ0v) is 12.0. The molecular weight excluding hydrogens is 212 g/mol. The lowest BCUT2D eigenvalue weighted by Gasteiger charge is -2.36. The number of nitrogens with one attached hydrogen (secondary N) is 1. The van der Waals surface area contributed by atoms with Crippen molar-refractivity contribution in [2.75, 3.05) is 26.2 Å². The average Bonchev–Trinajstić information content (AvgIpc) is 2.70. The van der Waals surface area contributed by atoms with Crippen molar-refractivity contribution in [1.29, 1.82) is 0 Å². The molecule has 1 saturated heterocycles. The monoisotopic (exact) mass is 242 g/mol. The molecule has 0 aliphatic carbocycles. The van der Waals surface area contributed by atoms with Crippen molar-refractivity contribution in [3.63, 3.8) is 0 Å². The minimum Gasteiger partial charge on any atom is -0.392 e. The Morgan fingerprint density at radius 2 is 2.00 bits per heavy atom. The molecule has 0 amide bonds. The van der Waals surface area contributed by atoms with Gasteiger partial charge in [-0.25, -0.2) is 0 Å². The van der Waals surface area contributed by atoms with Gasteiger partial charge in [-0.2, -0.15) is 0 Å². The van der Waals surface area contributed by atoms with Crippen LogP contribution in [0.3, 0.4) is 0 Å². The Labute approximate surface area is 107 Å². The normalized spacial score (nSPS) is 22.6. The summed E-state index contributed by atoms with van der Waals surface area (Å²) in [5.41, 5.74) is 0.369. The minimum atomic E-state index is -0.0977. The molecule has 2 N–H and O–H groups in total. The van der Waals surface area contributed by atoms with Crippen molar-refractivity contribution in [3.8, 4) is 0 Å². The van der Waals surface area contributed by atoms with E-state index < -0.39 is 0 Å². The van der Waals surface area contributed by atoms with Gasteiger partial charge in [0.2, 0.25) is 0 Å². The first-order valence-corrected chi connectivity index (χ1v) is 7.15. The van der Waals surface area contributed by atoms with E-state index in [1.54, 1.807) is 0 Å². The predicted octanol–water partition coefficient (Wildman–Crippen LogP) is 1.86. The molecule has 102 valence electrons. The molecule has 1 fully saturated rings. The second-order valence-corrected chi connectivity index (χ2v) is 5.92. The Kier molecular flexibility index (Phi) is 5.90. The quantitative estimate of drug-likeness (QED) is 0.715. The van der Waals surface area contributed by atoms with Crippen molar-refractivity contribution >= 4 is 0 Å². The molecule has 0 bridgehead atoms. The maximum atomic E-state index is 9.60. The summed E-state index contributed by atoms with van der Waals surface area (Å²) in [6.45, 7) is 13.1. The van der Waals surface area contributed by atoms with Crippen molar-refractivity contribution in [2.45, 2.75) is 59.1 Å². The van der Waals surface area contributed by atoms with Crippen molar-refractivity contribution in [3.05, 3.63) is 0 Å². The van der Waals surface area contributed by atoms with E-state index in [0.717, 1.165) is 32.6 Å². The molecule has 0 saturated carbocycles. The van der Waals surface area contributed by atoms with Gasteiger partial charge in [-0.15, -0.1) is 0 Å². The third-order valence-corrected chi connectivity index (χ3v) is 4.19. The summed E-state index contributed by atoms with van der Waals surface area (Å²) in [6, 6.07) is 0.552. The van der Waals surface area contributed by atoms with Crippen LogP contribution in [0, 0.1) is 5.41 Å². The summed E-state index contributed by atoms with van der Waals surface area (Å²) < 4.78 is 0.